The van der Waals surface area contributed by atoms with Gasteiger partial charge in [0.05, 0.1) is 20.1 Å². The summed E-state index contributed by atoms with van der Waals surface area (Å²) in [4.78, 5) is 23.8. The Balaban J connectivity index is 2.18. The van der Waals surface area contributed by atoms with Crippen LogP contribution in [0.2, 0.25) is 0 Å². The van der Waals surface area contributed by atoms with E-state index in [1.807, 2.05) is 0 Å². The minimum absolute atomic E-state index is 0.0671. The zero-order valence-electron chi connectivity index (χ0n) is 14.4. The highest BCUT2D eigenvalue weighted by Crippen LogP contribution is 2.31. The monoisotopic (exact) mass is 343 g/mol. The molecule has 1 aliphatic rings. The van der Waals surface area contributed by atoms with E-state index in [2.05, 4.69) is 4.74 Å². The molecule has 1 aliphatic carbocycles. The third kappa shape index (κ3) is 4.83. The van der Waals surface area contributed by atoms with Crippen molar-refractivity contribution >= 4 is 18.0 Å². The van der Waals surface area contributed by atoms with Crippen LogP contribution in [0.4, 0.5) is 0 Å². The van der Waals surface area contributed by atoms with Gasteiger partial charge in [-0.1, -0.05) is 25.3 Å². The average molecular weight is 343 g/mol. The molecule has 0 radical (unpaired) electrons. The molecule has 1 saturated carbocycles. The van der Waals surface area contributed by atoms with Gasteiger partial charge >= 0.3 is 11.9 Å². The summed E-state index contributed by atoms with van der Waals surface area (Å²) in [6.07, 6.45) is 6.35. The minimum Gasteiger partial charge on any atom is -0.493 e. The molecule has 0 spiro atoms. The fraction of sp³-hybridized carbons (Fsp3) is 0.421. The fourth-order valence-electron chi connectivity index (χ4n) is 2.80. The van der Waals surface area contributed by atoms with Crippen molar-refractivity contribution in [2.45, 2.75) is 32.1 Å². The summed E-state index contributed by atoms with van der Waals surface area (Å²) in [5.74, 6) is -0.336. The maximum Gasteiger partial charge on any atom is 0.348 e. The maximum absolute atomic E-state index is 12.3. The van der Waals surface area contributed by atoms with Crippen LogP contribution in [0.3, 0.4) is 0 Å². The van der Waals surface area contributed by atoms with Crippen molar-refractivity contribution in [1.29, 1.82) is 5.26 Å². The third-order valence-corrected chi connectivity index (χ3v) is 4.17. The number of ether oxygens (including phenoxy) is 3. The van der Waals surface area contributed by atoms with Crippen molar-refractivity contribution in [1.82, 2.24) is 0 Å². The van der Waals surface area contributed by atoms with Crippen LogP contribution in [0.15, 0.2) is 23.8 Å². The minimum atomic E-state index is -0.714. The first kappa shape index (κ1) is 18.5. The lowest BCUT2D eigenvalue weighted by molar-refractivity contribution is -0.140. The van der Waals surface area contributed by atoms with Crippen molar-refractivity contribution < 1.29 is 23.8 Å². The first-order chi connectivity index (χ1) is 12.1. The Morgan fingerprint density at radius 3 is 2.48 bits per heavy atom. The van der Waals surface area contributed by atoms with Crippen LogP contribution >= 0.6 is 0 Å². The Hall–Kier alpha value is -2.81. The highest BCUT2D eigenvalue weighted by atomic mass is 16.6. The summed E-state index contributed by atoms with van der Waals surface area (Å²) >= 11 is 0. The van der Waals surface area contributed by atoms with Crippen LogP contribution in [-0.4, -0.2) is 26.2 Å². The Labute approximate surface area is 147 Å². The number of methoxy groups -OCH3 is 2. The molecular weight excluding hydrogens is 322 g/mol. The van der Waals surface area contributed by atoms with Crippen molar-refractivity contribution in [3.63, 3.8) is 0 Å². The van der Waals surface area contributed by atoms with E-state index in [1.165, 1.54) is 20.3 Å². The van der Waals surface area contributed by atoms with E-state index in [-0.39, 0.29) is 17.5 Å². The summed E-state index contributed by atoms with van der Waals surface area (Å²) in [6.45, 7) is 0. The molecule has 1 aromatic rings. The summed E-state index contributed by atoms with van der Waals surface area (Å²) in [7, 11) is 2.67. The van der Waals surface area contributed by atoms with E-state index in [4.69, 9.17) is 14.7 Å². The topological polar surface area (TPSA) is 85.6 Å². The normalized spacial score (nSPS) is 15.2. The van der Waals surface area contributed by atoms with Crippen LogP contribution in [0.5, 0.6) is 11.5 Å². The smallest absolute Gasteiger partial charge is 0.348 e. The lowest BCUT2D eigenvalue weighted by Crippen LogP contribution is -2.22. The molecule has 1 fully saturated rings. The molecule has 6 nitrogen and oxygen atoms in total. The van der Waals surface area contributed by atoms with Gasteiger partial charge in [-0.15, -0.1) is 0 Å². The molecule has 0 aliphatic heterocycles. The standard InChI is InChI=1S/C19H21NO5/c1-23-17-11-13(10-15(12-20)18(21)24-2)8-9-16(17)25-19(22)14-6-4-3-5-7-14/h8-11,14H,3-7H2,1-2H3/b15-10+. The number of esters is 2. The number of hydrogen-bond donors (Lipinski definition) is 0. The number of carbonyl (C=O) groups excluding carboxylic acids is 2. The first-order valence-corrected chi connectivity index (χ1v) is 8.19. The van der Waals surface area contributed by atoms with Crippen LogP contribution in [0.25, 0.3) is 6.08 Å². The van der Waals surface area contributed by atoms with Gasteiger partial charge in [0.2, 0.25) is 0 Å². The lowest BCUT2D eigenvalue weighted by Gasteiger charge is -2.20. The van der Waals surface area contributed by atoms with Crippen molar-refractivity contribution in [2.75, 3.05) is 14.2 Å². The first-order valence-electron chi connectivity index (χ1n) is 8.19. The molecule has 0 aromatic heterocycles. The van der Waals surface area contributed by atoms with Crippen LogP contribution < -0.4 is 9.47 Å². The number of benzene rings is 1. The average Bonchev–Trinajstić information content (AvgIpc) is 2.66. The quantitative estimate of drug-likeness (QED) is 0.353. The van der Waals surface area contributed by atoms with E-state index >= 15 is 0 Å². The van der Waals surface area contributed by atoms with E-state index in [0.717, 1.165) is 32.1 Å². The molecule has 0 saturated heterocycles. The van der Waals surface area contributed by atoms with Crippen molar-refractivity contribution in [3.05, 3.63) is 29.3 Å². The second-order valence-corrected chi connectivity index (χ2v) is 5.83. The SMILES string of the molecule is COC(=O)/C(C#N)=C/c1ccc(OC(=O)C2CCCCC2)c(OC)c1. The molecule has 0 N–H and O–H groups in total. The Bertz CT molecular complexity index is 711. The van der Waals surface area contributed by atoms with E-state index in [9.17, 15) is 9.59 Å². The number of carbonyl (C=O) groups is 2. The predicted octanol–water partition coefficient (Wildman–Crippen LogP) is 3.26. The van der Waals surface area contributed by atoms with Gasteiger partial charge in [-0.25, -0.2) is 4.79 Å². The highest BCUT2D eigenvalue weighted by Gasteiger charge is 2.24. The van der Waals surface area contributed by atoms with Gasteiger partial charge in [0.15, 0.2) is 11.5 Å². The summed E-state index contributed by atoms with van der Waals surface area (Å²) in [5, 5.41) is 9.01. The van der Waals surface area contributed by atoms with Gasteiger partial charge in [0.1, 0.15) is 11.6 Å². The molecule has 25 heavy (non-hydrogen) atoms. The fourth-order valence-corrected chi connectivity index (χ4v) is 2.80. The van der Waals surface area contributed by atoms with E-state index < -0.39 is 5.97 Å². The number of nitriles is 1. The summed E-state index contributed by atoms with van der Waals surface area (Å²) in [6, 6.07) is 6.63. The number of nitrogens with zero attached hydrogens (tertiary/aromatic N) is 1. The van der Waals surface area contributed by atoms with Crippen LogP contribution in [-0.2, 0) is 14.3 Å². The van der Waals surface area contributed by atoms with Crippen molar-refractivity contribution in [2.24, 2.45) is 5.92 Å². The zero-order valence-corrected chi connectivity index (χ0v) is 14.4. The lowest BCUT2D eigenvalue weighted by atomic mass is 9.89. The predicted molar refractivity (Wildman–Crippen MR) is 90.8 cm³/mol. The Morgan fingerprint density at radius 2 is 1.88 bits per heavy atom. The van der Waals surface area contributed by atoms with Gasteiger partial charge in [0.25, 0.3) is 0 Å². The molecule has 0 atom stereocenters. The Kier molecular flexibility index (Phi) is 6.58. The van der Waals surface area contributed by atoms with Gasteiger partial charge < -0.3 is 14.2 Å². The second kappa shape index (κ2) is 8.88. The maximum atomic E-state index is 12.3. The van der Waals surface area contributed by atoms with Gasteiger partial charge in [-0.05, 0) is 36.6 Å². The van der Waals surface area contributed by atoms with E-state index in [1.54, 1.807) is 24.3 Å². The zero-order chi connectivity index (χ0) is 18.2. The van der Waals surface area contributed by atoms with Crippen LogP contribution in [0.1, 0.15) is 37.7 Å². The molecule has 6 heteroatoms. The van der Waals surface area contributed by atoms with Gasteiger partial charge in [-0.2, -0.15) is 5.26 Å². The highest BCUT2D eigenvalue weighted by molar-refractivity contribution is 5.97. The molecule has 0 heterocycles. The molecule has 2 rings (SSSR count). The second-order valence-electron chi connectivity index (χ2n) is 5.83. The van der Waals surface area contributed by atoms with Crippen LogP contribution in [0, 0.1) is 17.2 Å². The van der Waals surface area contributed by atoms with Gasteiger partial charge in [0, 0.05) is 0 Å². The summed E-state index contributed by atoms with van der Waals surface area (Å²) < 4.78 is 15.3. The van der Waals surface area contributed by atoms with Gasteiger partial charge in [-0.3, -0.25) is 4.79 Å². The molecular formula is C19H21NO5. The van der Waals surface area contributed by atoms with E-state index in [0.29, 0.717) is 17.1 Å². The summed E-state index contributed by atoms with van der Waals surface area (Å²) in [5.41, 5.74) is 0.438. The number of rotatable bonds is 5. The Morgan fingerprint density at radius 1 is 1.16 bits per heavy atom. The molecule has 0 unspecified atom stereocenters. The largest absolute Gasteiger partial charge is 0.493 e. The number of hydrogen-bond acceptors (Lipinski definition) is 6. The van der Waals surface area contributed by atoms with Crippen molar-refractivity contribution in [3.8, 4) is 17.6 Å². The third-order valence-electron chi connectivity index (χ3n) is 4.17. The molecule has 1 aromatic carbocycles. The molecule has 0 bridgehead atoms. The molecule has 0 amide bonds. The molecule has 132 valence electrons.